The number of H-pyrrole nitrogens is 1. The number of amides is 1. The minimum atomic E-state index is -4.32. The highest BCUT2D eigenvalue weighted by Crippen LogP contribution is 2.36. The minimum Gasteiger partial charge on any atom is -0.334 e. The van der Waals surface area contributed by atoms with Gasteiger partial charge < -0.3 is 4.90 Å². The summed E-state index contributed by atoms with van der Waals surface area (Å²) in [4.78, 5) is 14.1. The Labute approximate surface area is 128 Å². The van der Waals surface area contributed by atoms with Crippen LogP contribution in [-0.4, -0.2) is 33.1 Å². The third kappa shape index (κ3) is 3.27. The number of fused-ring (bicyclic) bond motifs is 1. The lowest BCUT2D eigenvalue weighted by atomic mass is 10.1. The van der Waals surface area contributed by atoms with E-state index < -0.39 is 5.51 Å². The fraction of sp³-hybridized carbons (Fsp3) is 0.286. The summed E-state index contributed by atoms with van der Waals surface area (Å²) in [5.41, 5.74) is -1.93. The van der Waals surface area contributed by atoms with Crippen LogP contribution in [0.1, 0.15) is 21.6 Å². The molecule has 1 aromatic carbocycles. The summed E-state index contributed by atoms with van der Waals surface area (Å²) in [7, 11) is 0. The summed E-state index contributed by atoms with van der Waals surface area (Å²) in [5.74, 6) is -0.185. The zero-order valence-electron chi connectivity index (χ0n) is 11.4. The van der Waals surface area contributed by atoms with E-state index in [1.54, 1.807) is 11.1 Å². The number of thioether (sulfide) groups is 1. The Morgan fingerprint density at radius 1 is 1.27 bits per heavy atom. The number of carbonyl (C=O) groups excluding carboxylic acids is 1. The number of halogens is 3. The predicted molar refractivity (Wildman–Crippen MR) is 75.4 cm³/mol. The Bertz CT molecular complexity index is 681. The number of nitrogens with one attached hydrogen (secondary N) is 1. The van der Waals surface area contributed by atoms with Gasteiger partial charge in [-0.05, 0) is 36.0 Å². The number of rotatable bonds is 2. The second kappa shape index (κ2) is 5.68. The van der Waals surface area contributed by atoms with Crippen molar-refractivity contribution in [2.45, 2.75) is 23.4 Å². The lowest BCUT2D eigenvalue weighted by Crippen LogP contribution is -2.35. The van der Waals surface area contributed by atoms with Crippen molar-refractivity contribution in [2.75, 3.05) is 6.54 Å². The second-order valence-corrected chi connectivity index (χ2v) is 6.06. The zero-order chi connectivity index (χ0) is 15.7. The molecule has 0 aliphatic carbocycles. The lowest BCUT2D eigenvalue weighted by Gasteiger charge is -2.26. The third-order valence-electron chi connectivity index (χ3n) is 3.42. The molecule has 1 N–H and O–H groups in total. The summed E-state index contributed by atoms with van der Waals surface area (Å²) in [6.07, 6.45) is 2.39. The van der Waals surface area contributed by atoms with Gasteiger partial charge in [-0.3, -0.25) is 9.89 Å². The average Bonchev–Trinajstić information content (AvgIpc) is 2.93. The lowest BCUT2D eigenvalue weighted by molar-refractivity contribution is -0.0328. The minimum absolute atomic E-state index is 0.0693. The molecule has 0 saturated heterocycles. The number of benzene rings is 1. The molecule has 1 aromatic heterocycles. The number of hydrogen-bond donors (Lipinski definition) is 1. The normalized spacial score (nSPS) is 14.8. The van der Waals surface area contributed by atoms with Crippen molar-refractivity contribution < 1.29 is 18.0 Å². The molecule has 0 saturated carbocycles. The van der Waals surface area contributed by atoms with Gasteiger partial charge in [-0.25, -0.2) is 0 Å². The van der Waals surface area contributed by atoms with Gasteiger partial charge in [0.15, 0.2) is 0 Å². The largest absolute Gasteiger partial charge is 0.446 e. The van der Waals surface area contributed by atoms with Crippen LogP contribution in [0, 0.1) is 0 Å². The number of hydrogen-bond acceptors (Lipinski definition) is 3. The SMILES string of the molecule is O=C(c1ccc(SC(F)(F)F)cc1)N1CCc2[nH]ncc2C1. The van der Waals surface area contributed by atoms with E-state index in [0.717, 1.165) is 11.3 Å². The standard InChI is InChI=1S/C14H12F3N3OS/c15-14(16,17)22-11-3-1-9(2-4-11)13(21)20-6-5-12-10(8-20)7-18-19-12/h1-4,7H,5-6,8H2,(H,18,19). The van der Waals surface area contributed by atoms with Gasteiger partial charge in [-0.1, -0.05) is 0 Å². The van der Waals surface area contributed by atoms with Gasteiger partial charge in [0.1, 0.15) is 0 Å². The molecule has 1 amide bonds. The second-order valence-electron chi connectivity index (χ2n) is 4.92. The van der Waals surface area contributed by atoms with E-state index in [-0.39, 0.29) is 22.6 Å². The Morgan fingerprint density at radius 2 is 2.00 bits per heavy atom. The molecular weight excluding hydrogens is 315 g/mol. The molecule has 2 aromatic rings. The predicted octanol–water partition coefficient (Wildman–Crippen LogP) is 3.22. The Balaban J connectivity index is 1.71. The van der Waals surface area contributed by atoms with Gasteiger partial charge in [0.05, 0.1) is 6.20 Å². The first kappa shape index (κ1) is 15.0. The molecule has 4 nitrogen and oxygen atoms in total. The summed E-state index contributed by atoms with van der Waals surface area (Å²) >= 11 is -0.189. The van der Waals surface area contributed by atoms with Gasteiger partial charge in [0.2, 0.25) is 0 Å². The average molecular weight is 327 g/mol. The van der Waals surface area contributed by atoms with Crippen LogP contribution in [-0.2, 0) is 13.0 Å². The van der Waals surface area contributed by atoms with Gasteiger partial charge in [0, 0.05) is 41.2 Å². The van der Waals surface area contributed by atoms with Crippen LogP contribution in [0.3, 0.4) is 0 Å². The van der Waals surface area contributed by atoms with E-state index in [0.29, 0.717) is 25.1 Å². The van der Waals surface area contributed by atoms with Crippen LogP contribution in [0.4, 0.5) is 13.2 Å². The quantitative estimate of drug-likeness (QED) is 0.862. The summed E-state index contributed by atoms with van der Waals surface area (Å²) in [5, 5.41) is 6.83. The van der Waals surface area contributed by atoms with Crippen LogP contribution < -0.4 is 0 Å². The van der Waals surface area contributed by atoms with Gasteiger partial charge in [0.25, 0.3) is 5.91 Å². The number of aromatic nitrogens is 2. The topological polar surface area (TPSA) is 49.0 Å². The Morgan fingerprint density at radius 3 is 2.68 bits per heavy atom. The molecule has 2 heterocycles. The molecule has 0 fully saturated rings. The highest BCUT2D eigenvalue weighted by Gasteiger charge is 2.29. The summed E-state index contributed by atoms with van der Waals surface area (Å²) in [6.45, 7) is 1.02. The van der Waals surface area contributed by atoms with Crippen LogP contribution in [0.2, 0.25) is 0 Å². The van der Waals surface area contributed by atoms with E-state index in [9.17, 15) is 18.0 Å². The number of nitrogens with zero attached hydrogens (tertiary/aromatic N) is 2. The molecule has 0 atom stereocenters. The monoisotopic (exact) mass is 327 g/mol. The fourth-order valence-electron chi connectivity index (χ4n) is 2.38. The van der Waals surface area contributed by atoms with Crippen LogP contribution in [0.15, 0.2) is 35.4 Å². The van der Waals surface area contributed by atoms with Crippen molar-refractivity contribution in [3.8, 4) is 0 Å². The number of carbonyl (C=O) groups is 1. The van der Waals surface area contributed by atoms with Gasteiger partial charge >= 0.3 is 5.51 Å². The van der Waals surface area contributed by atoms with Crippen molar-refractivity contribution in [3.05, 3.63) is 47.3 Å². The van der Waals surface area contributed by atoms with E-state index in [2.05, 4.69) is 10.2 Å². The highest BCUT2D eigenvalue weighted by molar-refractivity contribution is 8.00. The van der Waals surface area contributed by atoms with E-state index in [4.69, 9.17) is 0 Å². The highest BCUT2D eigenvalue weighted by atomic mass is 32.2. The number of aromatic amines is 1. The Hall–Kier alpha value is -1.96. The maximum absolute atomic E-state index is 12.4. The van der Waals surface area contributed by atoms with Crippen molar-refractivity contribution in [3.63, 3.8) is 0 Å². The van der Waals surface area contributed by atoms with Crippen molar-refractivity contribution >= 4 is 17.7 Å². The van der Waals surface area contributed by atoms with Crippen LogP contribution in [0.5, 0.6) is 0 Å². The maximum Gasteiger partial charge on any atom is 0.446 e. The smallest absolute Gasteiger partial charge is 0.334 e. The molecule has 116 valence electrons. The molecule has 1 aliphatic rings. The molecular formula is C14H12F3N3OS. The van der Waals surface area contributed by atoms with Crippen molar-refractivity contribution in [2.24, 2.45) is 0 Å². The number of alkyl halides is 3. The molecule has 0 spiro atoms. The molecule has 1 aliphatic heterocycles. The first-order chi connectivity index (χ1) is 10.4. The molecule has 0 unspecified atom stereocenters. The molecule has 3 rings (SSSR count). The van der Waals surface area contributed by atoms with Gasteiger partial charge in [-0.15, -0.1) is 0 Å². The van der Waals surface area contributed by atoms with Crippen molar-refractivity contribution in [1.82, 2.24) is 15.1 Å². The maximum atomic E-state index is 12.4. The van der Waals surface area contributed by atoms with Gasteiger partial charge in [-0.2, -0.15) is 18.3 Å². The van der Waals surface area contributed by atoms with E-state index >= 15 is 0 Å². The third-order valence-corrected chi connectivity index (χ3v) is 4.16. The fourth-order valence-corrected chi connectivity index (χ4v) is 2.92. The first-order valence-corrected chi connectivity index (χ1v) is 7.40. The Kier molecular flexibility index (Phi) is 3.86. The molecule has 8 heteroatoms. The molecule has 0 bridgehead atoms. The summed E-state index contributed by atoms with van der Waals surface area (Å²) in [6, 6.07) is 5.50. The molecule has 22 heavy (non-hydrogen) atoms. The molecule has 0 radical (unpaired) electrons. The zero-order valence-corrected chi connectivity index (χ0v) is 12.2. The van der Waals surface area contributed by atoms with E-state index in [1.807, 2.05) is 0 Å². The van der Waals surface area contributed by atoms with Crippen LogP contribution >= 0.6 is 11.8 Å². The van der Waals surface area contributed by atoms with E-state index in [1.165, 1.54) is 24.3 Å². The van der Waals surface area contributed by atoms with Crippen LogP contribution in [0.25, 0.3) is 0 Å². The summed E-state index contributed by atoms with van der Waals surface area (Å²) < 4.78 is 36.8. The first-order valence-electron chi connectivity index (χ1n) is 6.58. The van der Waals surface area contributed by atoms with Crippen molar-refractivity contribution in [1.29, 1.82) is 0 Å².